The zero-order valence-electron chi connectivity index (χ0n) is 54.7. The number of benzene rings is 8. The van der Waals surface area contributed by atoms with Crippen LogP contribution in [-0.2, 0) is 19.2 Å². The van der Waals surface area contributed by atoms with E-state index in [4.69, 9.17) is 43.4 Å². The summed E-state index contributed by atoms with van der Waals surface area (Å²) in [6.07, 6.45) is 2.63. The molecule has 1 N–H and O–H groups in total. The van der Waals surface area contributed by atoms with Crippen LogP contribution < -0.4 is 39.0 Å². The molecular formula is C78H59IN8O9S2Te4. The molecule has 508 valence electrons. The third-order valence-electron chi connectivity index (χ3n) is 16.1. The molecule has 18 rings (SSSR count). The van der Waals surface area contributed by atoms with Crippen LogP contribution in [0.15, 0.2) is 256 Å². The second-order valence-corrected chi connectivity index (χ2v) is 38.4. The van der Waals surface area contributed by atoms with Crippen molar-refractivity contribution in [2.24, 2.45) is 0 Å². The molecule has 0 aliphatic carbocycles. The number of rotatable bonds is 5. The molecule has 17 nitrogen and oxygen atoms in total. The summed E-state index contributed by atoms with van der Waals surface area (Å²) in [5.74, 6) is 5.73. The molecule has 0 radical (unpaired) electrons. The third kappa shape index (κ3) is 15.8. The number of para-hydroxylation sites is 16. The average Bonchev–Trinajstić information content (AvgIpc) is 1.39. The fourth-order valence-corrected chi connectivity index (χ4v) is 21.3. The molecule has 12 aromatic rings. The number of nitrogens with zero attached hydrogens (tertiary/aromatic N) is 7. The zero-order chi connectivity index (χ0) is 71.0. The Morgan fingerprint density at radius 2 is 0.716 bits per heavy atom. The fraction of sp³-hybridized carbons (Fsp3) is 0.0641. The molecule has 0 spiro atoms. The van der Waals surface area contributed by atoms with E-state index in [0.29, 0.717) is 0 Å². The Hall–Kier alpha value is -8.56. The van der Waals surface area contributed by atoms with E-state index in [2.05, 4.69) is 124 Å². The topological polar surface area (TPSA) is 157 Å². The first kappa shape index (κ1) is 71.8. The summed E-state index contributed by atoms with van der Waals surface area (Å²) < 4.78 is 35.6. The van der Waals surface area contributed by atoms with Gasteiger partial charge in [-0.25, -0.2) is 0 Å². The van der Waals surface area contributed by atoms with Gasteiger partial charge in [-0.15, -0.1) is 0 Å². The maximum Gasteiger partial charge on any atom is 0.150 e. The maximum absolute atomic E-state index is 12.7. The summed E-state index contributed by atoms with van der Waals surface area (Å²) in [6.45, 7) is 0. The molecule has 8 aromatic carbocycles. The van der Waals surface area contributed by atoms with E-state index in [9.17, 15) is 24.0 Å². The summed E-state index contributed by atoms with van der Waals surface area (Å²) in [4.78, 5) is 70.3. The number of thiocarbonyl (C=S) groups is 2. The van der Waals surface area contributed by atoms with Crippen molar-refractivity contribution >= 4 is 232 Å². The van der Waals surface area contributed by atoms with Gasteiger partial charge in [0.2, 0.25) is 11.8 Å². The van der Waals surface area contributed by atoms with Gasteiger partial charge in [-0.2, -0.15) is 0 Å². The Morgan fingerprint density at radius 1 is 0.382 bits per heavy atom. The maximum atomic E-state index is 12.7. The van der Waals surface area contributed by atoms with Crippen LogP contribution in [0.1, 0.15) is 18.4 Å². The minimum Gasteiger partial charge on any atom is -0.453 e. The standard InChI is InChI=1S/C23H17N3O3STe.C17H11NO2Te.C16H11NOTe.C12H9NO.C6H8N2O2S.C4H3ITe/c1-24-21(27)15(22(28)25(2)23(24)30)13-14-11-12-20(31-14)26-16-7-3-5-9-18(16)29-19-10-6-4-8-17(19)26;19-11-12-9-10-17(21-12)18-13-5-1-3-7-15(13)20-16-8-4-2-6-14(16)18;1-3-8-14-12(6-1)17(16-10-5-11-19-16)13-7-2-4-9-15(13)18-14;1-3-7-11-9(5-1)13-10-6-2-4-8-12(10)14-11;1-7-4(9)3-5(10)8(2)6(7)11;5-4-2-1-3-6-4/h3-13H,1-2H3;1-11H;1-11H;1-8,13H;3H2,1-2H3;1-3H. The van der Waals surface area contributed by atoms with Gasteiger partial charge in [-0.3, -0.25) is 19.4 Å². The van der Waals surface area contributed by atoms with Crippen LogP contribution >= 0.6 is 47.0 Å². The van der Waals surface area contributed by atoms with E-state index in [1.54, 1.807) is 35.9 Å². The van der Waals surface area contributed by atoms with Crippen LogP contribution in [-0.4, -0.2) is 170 Å². The Kier molecular flexibility index (Phi) is 23.1. The number of likely N-dealkylation sites (N-methyl/N-ethyl adjacent to an activating group) is 2. The molecular weight excluding hydrogens is 1890 g/mol. The van der Waals surface area contributed by atoms with Crippen molar-refractivity contribution in [2.75, 3.05) is 48.2 Å². The van der Waals surface area contributed by atoms with Crippen molar-refractivity contribution in [1.82, 2.24) is 19.6 Å². The van der Waals surface area contributed by atoms with Crippen molar-refractivity contribution in [3.63, 3.8) is 0 Å². The van der Waals surface area contributed by atoms with Crippen molar-refractivity contribution in [3.8, 4) is 46.0 Å². The van der Waals surface area contributed by atoms with Gasteiger partial charge in [0.1, 0.15) is 6.42 Å². The molecule has 102 heavy (non-hydrogen) atoms. The van der Waals surface area contributed by atoms with E-state index < -0.39 is 40.9 Å². The molecule has 4 aromatic heterocycles. The molecule has 4 amide bonds. The SMILES string of the molecule is CN1C(=O)C(=Cc2ccc(N3c4ccccc4Oc4ccccc43)[te]2)C(=O)N(C)C1=S.CN1C(=O)CC(=O)N(C)C1=S.Ic1ccc[te]1.O=Cc1ccc(N2c3ccccc3Oc3ccccc32)[te]1.c1c[te]c(N2c3ccccc3Oc3ccccc32)c1.c1ccc2c(c1)Nc1ccccc1O2. The van der Waals surface area contributed by atoms with E-state index in [1.165, 1.54) is 27.0 Å². The van der Waals surface area contributed by atoms with Crippen molar-refractivity contribution in [1.29, 1.82) is 0 Å². The van der Waals surface area contributed by atoms with Crippen molar-refractivity contribution in [2.45, 2.75) is 6.42 Å². The van der Waals surface area contributed by atoms with E-state index in [0.717, 1.165) is 109 Å². The number of carbonyl (C=O) groups is 5. The number of fused-ring (bicyclic) bond motifs is 8. The van der Waals surface area contributed by atoms with Crippen LogP contribution in [0.4, 0.5) is 56.6 Å². The first-order valence-corrected chi connectivity index (χ1v) is 43.1. The minimum atomic E-state index is -0.851. The van der Waals surface area contributed by atoms with Gasteiger partial charge in [-0.05, 0) is 36.5 Å². The number of anilines is 11. The van der Waals surface area contributed by atoms with Gasteiger partial charge in [0.05, 0.1) is 11.4 Å². The molecule has 10 heterocycles. The van der Waals surface area contributed by atoms with Gasteiger partial charge in [0, 0.05) is 14.1 Å². The third-order valence-corrected chi connectivity index (χ3v) is 29.3. The number of halogens is 1. The summed E-state index contributed by atoms with van der Waals surface area (Å²) in [6, 6.07) is 81.0. The number of nitrogens with one attached hydrogen (secondary N) is 1. The molecule has 0 saturated carbocycles. The predicted molar refractivity (Wildman–Crippen MR) is 421 cm³/mol. The zero-order valence-corrected chi connectivity index (χ0v) is 67.9. The molecule has 0 bridgehead atoms. The van der Waals surface area contributed by atoms with Crippen molar-refractivity contribution in [3.05, 3.63) is 265 Å². The average molecular weight is 1950 g/mol. The van der Waals surface area contributed by atoms with E-state index in [-0.39, 0.29) is 86.7 Å². The first-order valence-electron chi connectivity index (χ1n) is 31.5. The molecule has 2 saturated heterocycles. The van der Waals surface area contributed by atoms with Gasteiger partial charge >= 0.3 is 509 Å². The Morgan fingerprint density at radius 3 is 1.07 bits per heavy atom. The Labute approximate surface area is 652 Å². The molecule has 2 fully saturated rings. The molecule has 0 unspecified atom stereocenters. The molecule has 6 aliphatic heterocycles. The van der Waals surface area contributed by atoms with E-state index >= 15 is 0 Å². The predicted octanol–water partition coefficient (Wildman–Crippen LogP) is 16.8. The fourth-order valence-electron chi connectivity index (χ4n) is 11.1. The Bertz CT molecular complexity index is 4910. The smallest absolute Gasteiger partial charge is 0.150 e. The molecule has 6 aliphatic rings. The number of carbonyl (C=O) groups excluding carboxylic acids is 5. The van der Waals surface area contributed by atoms with Gasteiger partial charge < -0.3 is 10.1 Å². The van der Waals surface area contributed by atoms with Crippen LogP contribution in [0.5, 0.6) is 46.0 Å². The number of amides is 4. The second-order valence-electron chi connectivity index (χ2n) is 22.6. The van der Waals surface area contributed by atoms with Crippen LogP contribution in [0, 0.1) is 1.59 Å². The molecule has 24 heteroatoms. The van der Waals surface area contributed by atoms with Gasteiger partial charge in [0.15, 0.2) is 16.6 Å². The van der Waals surface area contributed by atoms with Gasteiger partial charge in [0.25, 0.3) is 0 Å². The molecule has 0 atom stereocenters. The quantitative estimate of drug-likeness (QED) is 0.0330. The number of ether oxygens (including phenoxy) is 4. The van der Waals surface area contributed by atoms with Crippen LogP contribution in [0.3, 0.4) is 0 Å². The van der Waals surface area contributed by atoms with Crippen molar-refractivity contribution < 1.29 is 42.9 Å². The van der Waals surface area contributed by atoms with Gasteiger partial charge in [-0.1, -0.05) is 24.3 Å². The summed E-state index contributed by atoms with van der Waals surface area (Å²) >= 11 is 10.8. The number of hydrogen-bond acceptors (Lipinski definition) is 15. The number of hydrogen-bond donors (Lipinski definition) is 1. The largest absolute Gasteiger partial charge is 0.453 e. The second kappa shape index (κ2) is 32.8. The first-order chi connectivity index (χ1) is 49.6. The van der Waals surface area contributed by atoms with Crippen LogP contribution in [0.2, 0.25) is 0 Å². The van der Waals surface area contributed by atoms with E-state index in [1.807, 2.05) is 170 Å². The monoisotopic (exact) mass is 1960 g/mol. The normalized spacial score (nSPS) is 13.9. The summed E-state index contributed by atoms with van der Waals surface area (Å²) in [5.41, 5.74) is 8.50. The summed E-state index contributed by atoms with van der Waals surface area (Å²) in [5, 5.41) is 3.80. The van der Waals surface area contributed by atoms with Crippen LogP contribution in [0.25, 0.3) is 6.08 Å². The summed E-state index contributed by atoms with van der Waals surface area (Å²) in [7, 11) is 6.31. The Balaban J connectivity index is 0.000000116. The minimum absolute atomic E-state index is 0.0763. The number of aldehydes is 1.